The zero-order valence-electron chi connectivity index (χ0n) is 11.2. The fourth-order valence-corrected chi connectivity index (χ4v) is 3.41. The maximum Gasteiger partial charge on any atom is 0.267 e. The molecule has 1 aromatic carbocycles. The quantitative estimate of drug-likeness (QED) is 0.815. The minimum atomic E-state index is -3.70. The first kappa shape index (κ1) is 14.8. The van der Waals surface area contributed by atoms with Crippen LogP contribution in [0.3, 0.4) is 0 Å². The minimum absolute atomic E-state index is 0.00346. The zero-order valence-corrected chi connectivity index (χ0v) is 12.8. The van der Waals surface area contributed by atoms with Crippen LogP contribution in [0.15, 0.2) is 47.5 Å². The van der Waals surface area contributed by atoms with Crippen molar-refractivity contribution < 1.29 is 8.42 Å². The van der Waals surface area contributed by atoms with E-state index in [9.17, 15) is 8.42 Å². The number of anilines is 1. The van der Waals surface area contributed by atoms with Gasteiger partial charge in [-0.15, -0.1) is 0 Å². The monoisotopic (exact) mass is 310 g/mol. The molecule has 0 radical (unpaired) electrons. The molecule has 2 rings (SSSR count). The first-order valence-corrected chi connectivity index (χ1v) is 7.97. The Kier molecular flexibility index (Phi) is 4.30. The van der Waals surface area contributed by atoms with E-state index >= 15 is 0 Å². The highest BCUT2D eigenvalue weighted by atomic mass is 35.5. The van der Waals surface area contributed by atoms with E-state index < -0.39 is 10.0 Å². The molecule has 0 bridgehead atoms. The van der Waals surface area contributed by atoms with Gasteiger partial charge in [0, 0.05) is 13.2 Å². The van der Waals surface area contributed by atoms with Crippen molar-refractivity contribution >= 4 is 27.3 Å². The number of halogens is 1. The predicted octanol–water partition coefficient (Wildman–Crippen LogP) is 3.12. The van der Waals surface area contributed by atoms with Crippen LogP contribution in [0.2, 0.25) is 5.15 Å². The third-order valence-electron chi connectivity index (χ3n) is 3.07. The lowest BCUT2D eigenvalue weighted by molar-refractivity contribution is 0.594. The van der Waals surface area contributed by atoms with E-state index in [0.29, 0.717) is 5.69 Å². The molecule has 0 atom stereocenters. The molecule has 0 amide bonds. The maximum atomic E-state index is 12.5. The highest BCUT2D eigenvalue weighted by Crippen LogP contribution is 2.26. The van der Waals surface area contributed by atoms with Gasteiger partial charge in [-0.25, -0.2) is 13.4 Å². The van der Waals surface area contributed by atoms with Gasteiger partial charge in [-0.1, -0.05) is 30.7 Å². The highest BCUT2D eigenvalue weighted by Gasteiger charge is 2.24. The largest absolute Gasteiger partial charge is 0.269 e. The van der Waals surface area contributed by atoms with Crippen LogP contribution >= 0.6 is 11.6 Å². The summed E-state index contributed by atoms with van der Waals surface area (Å²) in [4.78, 5) is 3.81. The van der Waals surface area contributed by atoms with Crippen molar-refractivity contribution in [3.8, 4) is 0 Å². The van der Waals surface area contributed by atoms with Gasteiger partial charge < -0.3 is 0 Å². The molecule has 0 aliphatic carbocycles. The number of benzene rings is 1. The first-order valence-electron chi connectivity index (χ1n) is 6.15. The van der Waals surface area contributed by atoms with Crippen molar-refractivity contribution in [3.05, 3.63) is 53.3 Å². The van der Waals surface area contributed by atoms with Crippen LogP contribution in [0.5, 0.6) is 0 Å². The number of sulfonamides is 1. The Labute approximate surface area is 124 Å². The van der Waals surface area contributed by atoms with E-state index in [1.54, 1.807) is 18.2 Å². The van der Waals surface area contributed by atoms with Crippen LogP contribution in [0, 0.1) is 0 Å². The molecule has 0 saturated heterocycles. The number of aromatic nitrogens is 1. The molecular weight excluding hydrogens is 296 g/mol. The lowest BCUT2D eigenvalue weighted by Gasteiger charge is -2.20. The Morgan fingerprint density at radius 2 is 1.85 bits per heavy atom. The average Bonchev–Trinajstić information content (AvgIpc) is 2.47. The number of hydrogen-bond acceptors (Lipinski definition) is 3. The Hall–Kier alpha value is -1.59. The summed E-state index contributed by atoms with van der Waals surface area (Å²) in [5, 5.41) is -0.0236. The van der Waals surface area contributed by atoms with E-state index in [2.05, 4.69) is 4.98 Å². The summed E-state index contributed by atoms with van der Waals surface area (Å²) in [5.74, 6) is 0. The lowest BCUT2D eigenvalue weighted by atomic mass is 10.1. The second kappa shape index (κ2) is 5.81. The van der Waals surface area contributed by atoms with E-state index in [0.717, 1.165) is 12.0 Å². The summed E-state index contributed by atoms with van der Waals surface area (Å²) in [7, 11) is -2.20. The predicted molar refractivity (Wildman–Crippen MR) is 80.7 cm³/mol. The standard InChI is InChI=1S/C14H15ClN2O2S/c1-3-11-6-8-12(9-7-11)17(2)20(18,19)13-5-4-10-16-14(13)15/h4-10H,3H2,1-2H3. The molecule has 2 aromatic rings. The Morgan fingerprint density at radius 1 is 1.20 bits per heavy atom. The van der Waals surface area contributed by atoms with Gasteiger partial charge in [-0.3, -0.25) is 4.31 Å². The molecule has 1 heterocycles. The molecule has 106 valence electrons. The molecule has 6 heteroatoms. The molecule has 0 saturated carbocycles. The molecular formula is C14H15ClN2O2S. The van der Waals surface area contributed by atoms with E-state index in [-0.39, 0.29) is 10.0 Å². The van der Waals surface area contributed by atoms with Crippen molar-refractivity contribution in [2.75, 3.05) is 11.4 Å². The Morgan fingerprint density at radius 3 is 2.40 bits per heavy atom. The van der Waals surface area contributed by atoms with Gasteiger partial charge in [0.1, 0.15) is 10.0 Å². The maximum absolute atomic E-state index is 12.5. The number of nitrogens with zero attached hydrogens (tertiary/aromatic N) is 2. The van der Waals surface area contributed by atoms with Crippen molar-refractivity contribution in [2.24, 2.45) is 0 Å². The molecule has 0 aliphatic heterocycles. The summed E-state index contributed by atoms with van der Waals surface area (Å²) in [5.41, 5.74) is 1.74. The van der Waals surface area contributed by atoms with E-state index in [1.807, 2.05) is 19.1 Å². The molecule has 0 fully saturated rings. The molecule has 0 unspecified atom stereocenters. The van der Waals surface area contributed by atoms with Gasteiger partial charge in [0.15, 0.2) is 0 Å². The van der Waals surface area contributed by atoms with Crippen LogP contribution in [0.1, 0.15) is 12.5 Å². The molecule has 0 spiro atoms. The van der Waals surface area contributed by atoms with E-state index in [1.165, 1.54) is 23.6 Å². The summed E-state index contributed by atoms with van der Waals surface area (Å²) in [6.45, 7) is 2.05. The summed E-state index contributed by atoms with van der Waals surface area (Å²) in [6.07, 6.45) is 2.36. The van der Waals surface area contributed by atoms with E-state index in [4.69, 9.17) is 11.6 Å². The average molecular weight is 311 g/mol. The summed E-state index contributed by atoms with van der Waals surface area (Å²) >= 11 is 5.87. The Balaban J connectivity index is 2.41. The number of aryl methyl sites for hydroxylation is 1. The van der Waals surface area contributed by atoms with Crippen LogP contribution in [0.4, 0.5) is 5.69 Å². The topological polar surface area (TPSA) is 50.3 Å². The third kappa shape index (κ3) is 2.78. The fourth-order valence-electron chi connectivity index (χ4n) is 1.79. The van der Waals surface area contributed by atoms with Crippen molar-refractivity contribution in [3.63, 3.8) is 0 Å². The number of hydrogen-bond donors (Lipinski definition) is 0. The normalized spacial score (nSPS) is 11.3. The van der Waals surface area contributed by atoms with Crippen LogP contribution in [0.25, 0.3) is 0 Å². The molecule has 4 nitrogen and oxygen atoms in total. The fraction of sp³-hybridized carbons (Fsp3) is 0.214. The molecule has 0 aliphatic rings. The van der Waals surface area contributed by atoms with Gasteiger partial charge in [-0.05, 0) is 36.2 Å². The lowest BCUT2D eigenvalue weighted by Crippen LogP contribution is -2.26. The third-order valence-corrected chi connectivity index (χ3v) is 5.30. The van der Waals surface area contributed by atoms with Gasteiger partial charge >= 0.3 is 0 Å². The van der Waals surface area contributed by atoms with Gasteiger partial charge in [0.25, 0.3) is 10.0 Å². The molecule has 20 heavy (non-hydrogen) atoms. The van der Waals surface area contributed by atoms with Crippen molar-refractivity contribution in [1.82, 2.24) is 4.98 Å². The van der Waals surface area contributed by atoms with Crippen LogP contribution < -0.4 is 4.31 Å². The molecule has 1 aromatic heterocycles. The highest BCUT2D eigenvalue weighted by molar-refractivity contribution is 7.92. The van der Waals surface area contributed by atoms with Crippen LogP contribution in [-0.2, 0) is 16.4 Å². The second-order valence-corrected chi connectivity index (χ2v) is 6.58. The smallest absolute Gasteiger partial charge is 0.267 e. The number of rotatable bonds is 4. The zero-order chi connectivity index (χ0) is 14.8. The second-order valence-electron chi connectivity index (χ2n) is 4.28. The minimum Gasteiger partial charge on any atom is -0.269 e. The SMILES string of the molecule is CCc1ccc(N(C)S(=O)(=O)c2cccnc2Cl)cc1. The summed E-state index contributed by atoms with van der Waals surface area (Å²) < 4.78 is 26.2. The Bertz CT molecular complexity index is 699. The van der Waals surface area contributed by atoms with Crippen molar-refractivity contribution in [1.29, 1.82) is 0 Å². The molecule has 0 N–H and O–H groups in total. The van der Waals surface area contributed by atoms with Gasteiger partial charge in [0.2, 0.25) is 0 Å². The van der Waals surface area contributed by atoms with Crippen LogP contribution in [-0.4, -0.2) is 20.4 Å². The van der Waals surface area contributed by atoms with Crippen molar-refractivity contribution in [2.45, 2.75) is 18.2 Å². The first-order chi connectivity index (χ1) is 9.46. The number of pyridine rings is 1. The van der Waals surface area contributed by atoms with Gasteiger partial charge in [0.05, 0.1) is 5.69 Å². The van der Waals surface area contributed by atoms with Gasteiger partial charge in [-0.2, -0.15) is 0 Å². The summed E-state index contributed by atoms with van der Waals surface area (Å²) in [6, 6.07) is 10.4.